The Kier molecular flexibility index (Phi) is 6.05. The average Bonchev–Trinajstić information content (AvgIpc) is 2.55. The monoisotopic (exact) mass is 310 g/mol. The lowest BCUT2D eigenvalue weighted by molar-refractivity contribution is -0.113. The number of nitriles is 1. The van der Waals surface area contributed by atoms with E-state index in [0.717, 1.165) is 29.0 Å². The third kappa shape index (κ3) is 4.64. The molecule has 112 valence electrons. The highest BCUT2D eigenvalue weighted by molar-refractivity contribution is 7.99. The van der Waals surface area contributed by atoms with E-state index in [1.807, 2.05) is 42.5 Å². The van der Waals surface area contributed by atoms with Crippen LogP contribution >= 0.6 is 11.8 Å². The van der Waals surface area contributed by atoms with Gasteiger partial charge in [-0.2, -0.15) is 5.26 Å². The molecule has 0 heterocycles. The van der Waals surface area contributed by atoms with Crippen molar-refractivity contribution in [2.75, 3.05) is 11.1 Å². The highest BCUT2D eigenvalue weighted by Crippen LogP contribution is 2.17. The maximum Gasteiger partial charge on any atom is 0.234 e. The third-order valence-corrected chi connectivity index (χ3v) is 4.23. The van der Waals surface area contributed by atoms with E-state index in [4.69, 9.17) is 5.26 Å². The summed E-state index contributed by atoms with van der Waals surface area (Å²) in [4.78, 5) is 12.0. The Morgan fingerprint density at radius 1 is 1.23 bits per heavy atom. The van der Waals surface area contributed by atoms with Crippen LogP contribution in [0.3, 0.4) is 0 Å². The summed E-state index contributed by atoms with van der Waals surface area (Å²) in [6.45, 7) is 2.07. The molecule has 0 aliphatic rings. The average molecular weight is 310 g/mol. The Hall–Kier alpha value is -2.25. The predicted octanol–water partition coefficient (Wildman–Crippen LogP) is 3.99. The maximum absolute atomic E-state index is 12.0. The number of nitrogens with zero attached hydrogens (tertiary/aromatic N) is 1. The van der Waals surface area contributed by atoms with Crippen LogP contribution in [0.1, 0.15) is 23.6 Å². The van der Waals surface area contributed by atoms with Crippen LogP contribution in [0.25, 0.3) is 0 Å². The minimum absolute atomic E-state index is 0.00216. The van der Waals surface area contributed by atoms with Gasteiger partial charge < -0.3 is 5.32 Å². The minimum atomic E-state index is 0.00216. The molecule has 22 heavy (non-hydrogen) atoms. The van der Waals surface area contributed by atoms with Gasteiger partial charge in [0.1, 0.15) is 0 Å². The van der Waals surface area contributed by atoms with Crippen molar-refractivity contribution in [3.8, 4) is 6.07 Å². The molecule has 2 aromatic rings. The van der Waals surface area contributed by atoms with Gasteiger partial charge in [0, 0.05) is 11.4 Å². The van der Waals surface area contributed by atoms with Gasteiger partial charge in [0.25, 0.3) is 0 Å². The lowest BCUT2D eigenvalue weighted by atomic mass is 10.1. The zero-order valence-electron chi connectivity index (χ0n) is 12.5. The number of benzene rings is 2. The number of carbonyl (C=O) groups excluding carboxylic acids is 1. The van der Waals surface area contributed by atoms with Gasteiger partial charge in [-0.1, -0.05) is 37.3 Å². The summed E-state index contributed by atoms with van der Waals surface area (Å²) in [6.07, 6.45) is 0.893. The second-order valence-electron chi connectivity index (χ2n) is 4.86. The number of aryl methyl sites for hydroxylation is 1. The number of amides is 1. The first kappa shape index (κ1) is 16.1. The number of hydrogen-bond donors (Lipinski definition) is 1. The summed E-state index contributed by atoms with van der Waals surface area (Å²) in [7, 11) is 0. The Labute approximate surface area is 135 Å². The Bertz CT molecular complexity index is 691. The van der Waals surface area contributed by atoms with Crippen molar-refractivity contribution < 1.29 is 4.79 Å². The standard InChI is InChI=1S/C18H18N2OS/c1-2-16-8-3-4-9-17(16)20-18(21)13-22-12-15-7-5-6-14(10-15)11-19/h3-10H,2,12-13H2,1H3,(H,20,21). The largest absolute Gasteiger partial charge is 0.325 e. The van der Waals surface area contributed by atoms with Crippen LogP contribution in [0.4, 0.5) is 5.69 Å². The molecule has 0 unspecified atom stereocenters. The molecule has 4 heteroatoms. The van der Waals surface area contributed by atoms with Gasteiger partial charge in [-0.3, -0.25) is 4.79 Å². The number of carbonyl (C=O) groups is 1. The first-order chi connectivity index (χ1) is 10.7. The summed E-state index contributed by atoms with van der Waals surface area (Å²) >= 11 is 1.54. The summed E-state index contributed by atoms with van der Waals surface area (Å²) in [6, 6.07) is 17.5. The smallest absolute Gasteiger partial charge is 0.234 e. The molecule has 3 nitrogen and oxygen atoms in total. The van der Waals surface area contributed by atoms with E-state index < -0.39 is 0 Å². The molecule has 1 N–H and O–H groups in total. The van der Waals surface area contributed by atoms with Gasteiger partial charge in [0.2, 0.25) is 5.91 Å². The van der Waals surface area contributed by atoms with Crippen molar-refractivity contribution in [1.82, 2.24) is 0 Å². The van der Waals surface area contributed by atoms with Crippen LogP contribution in [0.5, 0.6) is 0 Å². The molecule has 0 radical (unpaired) electrons. The number of anilines is 1. The predicted molar refractivity (Wildman–Crippen MR) is 91.8 cm³/mol. The van der Waals surface area contributed by atoms with E-state index >= 15 is 0 Å². The molecule has 2 aromatic carbocycles. The first-order valence-corrected chi connectivity index (χ1v) is 8.33. The summed E-state index contributed by atoms with van der Waals surface area (Å²) in [5.74, 6) is 1.12. The van der Waals surface area contributed by atoms with E-state index in [1.54, 1.807) is 17.8 Å². The number of thioether (sulfide) groups is 1. The molecule has 0 spiro atoms. The summed E-state index contributed by atoms with van der Waals surface area (Å²) in [5.41, 5.74) is 3.75. The minimum Gasteiger partial charge on any atom is -0.325 e. The number of nitrogens with one attached hydrogen (secondary N) is 1. The molecule has 0 bridgehead atoms. The molecular formula is C18H18N2OS. The van der Waals surface area contributed by atoms with Crippen molar-refractivity contribution >= 4 is 23.4 Å². The van der Waals surface area contributed by atoms with E-state index in [1.165, 1.54) is 0 Å². The number of hydrogen-bond acceptors (Lipinski definition) is 3. The van der Waals surface area contributed by atoms with E-state index in [2.05, 4.69) is 18.3 Å². The van der Waals surface area contributed by atoms with Crippen LogP contribution in [-0.4, -0.2) is 11.7 Å². The van der Waals surface area contributed by atoms with E-state index in [9.17, 15) is 4.79 Å². The molecule has 0 atom stereocenters. The number of rotatable bonds is 6. The molecule has 1 amide bonds. The van der Waals surface area contributed by atoms with Gasteiger partial charge in [0.15, 0.2) is 0 Å². The Morgan fingerprint density at radius 3 is 2.82 bits per heavy atom. The summed E-state index contributed by atoms with van der Waals surface area (Å²) < 4.78 is 0. The lowest BCUT2D eigenvalue weighted by Gasteiger charge is -2.09. The van der Waals surface area contributed by atoms with Crippen molar-refractivity contribution in [1.29, 1.82) is 5.26 Å². The fraction of sp³-hybridized carbons (Fsp3) is 0.222. The second-order valence-corrected chi connectivity index (χ2v) is 5.85. The first-order valence-electron chi connectivity index (χ1n) is 7.17. The third-order valence-electron chi connectivity index (χ3n) is 3.23. The molecule has 0 fully saturated rings. The van der Waals surface area contributed by atoms with Crippen LogP contribution in [-0.2, 0) is 17.0 Å². The van der Waals surface area contributed by atoms with Gasteiger partial charge in [-0.05, 0) is 35.7 Å². The molecular weight excluding hydrogens is 292 g/mol. The SMILES string of the molecule is CCc1ccccc1NC(=O)CSCc1cccc(C#N)c1. The van der Waals surface area contributed by atoms with E-state index in [-0.39, 0.29) is 5.91 Å². The fourth-order valence-corrected chi connectivity index (χ4v) is 2.90. The highest BCUT2D eigenvalue weighted by Gasteiger charge is 2.06. The quantitative estimate of drug-likeness (QED) is 0.877. The molecule has 0 aliphatic carbocycles. The van der Waals surface area contributed by atoms with Gasteiger partial charge in [-0.25, -0.2) is 0 Å². The zero-order valence-corrected chi connectivity index (χ0v) is 13.3. The van der Waals surface area contributed by atoms with Crippen molar-refractivity contribution in [3.63, 3.8) is 0 Å². The van der Waals surface area contributed by atoms with Gasteiger partial charge >= 0.3 is 0 Å². The molecule has 0 aromatic heterocycles. The molecule has 0 saturated carbocycles. The van der Waals surface area contributed by atoms with Crippen LogP contribution in [0.15, 0.2) is 48.5 Å². The highest BCUT2D eigenvalue weighted by atomic mass is 32.2. The molecule has 0 saturated heterocycles. The Balaban J connectivity index is 1.84. The zero-order chi connectivity index (χ0) is 15.8. The second kappa shape index (κ2) is 8.26. The normalized spacial score (nSPS) is 10.0. The van der Waals surface area contributed by atoms with Crippen molar-refractivity contribution in [2.24, 2.45) is 0 Å². The summed E-state index contributed by atoms with van der Waals surface area (Å²) in [5, 5.41) is 11.8. The molecule has 0 aliphatic heterocycles. The van der Waals surface area contributed by atoms with Crippen LogP contribution < -0.4 is 5.32 Å². The van der Waals surface area contributed by atoms with Crippen molar-refractivity contribution in [2.45, 2.75) is 19.1 Å². The topological polar surface area (TPSA) is 52.9 Å². The Morgan fingerprint density at radius 2 is 2.05 bits per heavy atom. The van der Waals surface area contributed by atoms with Gasteiger partial charge in [0.05, 0.1) is 17.4 Å². The fourth-order valence-electron chi connectivity index (χ4n) is 2.13. The van der Waals surface area contributed by atoms with E-state index in [0.29, 0.717) is 11.3 Å². The number of para-hydroxylation sites is 1. The molecule has 2 rings (SSSR count). The van der Waals surface area contributed by atoms with Crippen LogP contribution in [0.2, 0.25) is 0 Å². The van der Waals surface area contributed by atoms with Crippen LogP contribution in [0, 0.1) is 11.3 Å². The van der Waals surface area contributed by atoms with Crippen molar-refractivity contribution in [3.05, 3.63) is 65.2 Å². The van der Waals surface area contributed by atoms with Gasteiger partial charge in [-0.15, -0.1) is 11.8 Å². The maximum atomic E-state index is 12.0. The lowest BCUT2D eigenvalue weighted by Crippen LogP contribution is -2.15.